The van der Waals surface area contributed by atoms with Gasteiger partial charge in [-0.05, 0) is 55.2 Å². The summed E-state index contributed by atoms with van der Waals surface area (Å²) in [6.07, 6.45) is 1.28. The highest BCUT2D eigenvalue weighted by molar-refractivity contribution is 6.33. The first-order valence-corrected chi connectivity index (χ1v) is 11.2. The molecule has 31 heavy (non-hydrogen) atoms. The SMILES string of the molecule is CCC(C)N(Cc1cc(NC(=O)CC(C)C)ccc1N(C)C)C(=O)c1ccccc1Cl. The van der Waals surface area contributed by atoms with E-state index in [9.17, 15) is 9.59 Å². The summed E-state index contributed by atoms with van der Waals surface area (Å²) in [5, 5.41) is 3.43. The minimum absolute atomic E-state index is 0.00974. The zero-order valence-electron chi connectivity index (χ0n) is 19.4. The van der Waals surface area contributed by atoms with E-state index in [1.54, 1.807) is 12.1 Å². The Morgan fingerprint density at radius 1 is 1.06 bits per heavy atom. The standard InChI is InChI=1S/C25H34ClN3O2/c1-7-18(4)29(25(31)21-10-8-9-11-22(21)26)16-19-15-20(12-13-23(19)28(5)6)27-24(30)14-17(2)3/h8-13,15,17-18H,7,14,16H2,1-6H3,(H,27,30). The predicted molar refractivity (Wildman–Crippen MR) is 130 cm³/mol. The summed E-state index contributed by atoms with van der Waals surface area (Å²) in [7, 11) is 3.94. The third-order valence-electron chi connectivity index (χ3n) is 5.27. The summed E-state index contributed by atoms with van der Waals surface area (Å²) in [4.78, 5) is 29.5. The predicted octanol–water partition coefficient (Wildman–Crippen LogP) is 5.83. The molecule has 0 aliphatic heterocycles. The molecule has 5 nitrogen and oxygen atoms in total. The summed E-state index contributed by atoms with van der Waals surface area (Å²) in [6.45, 7) is 8.56. The molecule has 1 N–H and O–H groups in total. The van der Waals surface area contributed by atoms with Gasteiger partial charge in [0, 0.05) is 44.5 Å². The van der Waals surface area contributed by atoms with Crippen molar-refractivity contribution in [2.75, 3.05) is 24.3 Å². The molecule has 0 aliphatic carbocycles. The van der Waals surface area contributed by atoms with Gasteiger partial charge in [0.25, 0.3) is 5.91 Å². The lowest BCUT2D eigenvalue weighted by Gasteiger charge is -2.31. The zero-order valence-corrected chi connectivity index (χ0v) is 20.2. The van der Waals surface area contributed by atoms with Gasteiger partial charge in [-0.2, -0.15) is 0 Å². The summed E-state index contributed by atoms with van der Waals surface area (Å²) in [5.41, 5.74) is 3.20. The number of carbonyl (C=O) groups is 2. The van der Waals surface area contributed by atoms with Crippen molar-refractivity contribution in [2.45, 2.75) is 53.1 Å². The van der Waals surface area contributed by atoms with Gasteiger partial charge in [0.2, 0.25) is 5.91 Å². The van der Waals surface area contributed by atoms with Crippen molar-refractivity contribution in [1.82, 2.24) is 4.90 Å². The van der Waals surface area contributed by atoms with Gasteiger partial charge in [-0.1, -0.05) is 44.5 Å². The fourth-order valence-electron chi connectivity index (χ4n) is 3.43. The van der Waals surface area contributed by atoms with Crippen LogP contribution in [0.5, 0.6) is 0 Å². The Morgan fingerprint density at radius 2 is 1.74 bits per heavy atom. The normalized spacial score (nSPS) is 11.9. The van der Waals surface area contributed by atoms with E-state index in [2.05, 4.69) is 12.2 Å². The lowest BCUT2D eigenvalue weighted by Crippen LogP contribution is -2.38. The molecule has 0 saturated heterocycles. The van der Waals surface area contributed by atoms with Crippen LogP contribution >= 0.6 is 11.6 Å². The molecule has 168 valence electrons. The molecule has 2 rings (SSSR count). The topological polar surface area (TPSA) is 52.7 Å². The number of nitrogens with one attached hydrogen (secondary N) is 1. The molecule has 2 aromatic rings. The van der Waals surface area contributed by atoms with E-state index in [1.807, 2.05) is 75.0 Å². The Bertz CT molecular complexity index is 911. The van der Waals surface area contributed by atoms with Crippen molar-refractivity contribution in [3.05, 3.63) is 58.6 Å². The summed E-state index contributed by atoms with van der Waals surface area (Å²) >= 11 is 6.32. The molecule has 0 heterocycles. The quantitative estimate of drug-likeness (QED) is 0.530. The molecule has 1 unspecified atom stereocenters. The highest BCUT2D eigenvalue weighted by atomic mass is 35.5. The summed E-state index contributed by atoms with van der Waals surface area (Å²) < 4.78 is 0. The Kier molecular flexibility index (Phi) is 8.93. The minimum Gasteiger partial charge on any atom is -0.377 e. The number of rotatable bonds is 9. The Labute approximate surface area is 191 Å². The first-order chi connectivity index (χ1) is 14.6. The fourth-order valence-corrected chi connectivity index (χ4v) is 3.65. The number of anilines is 2. The van der Waals surface area contributed by atoms with Crippen LogP contribution in [-0.4, -0.2) is 36.9 Å². The van der Waals surface area contributed by atoms with Gasteiger partial charge in [-0.3, -0.25) is 9.59 Å². The Balaban J connectivity index is 2.40. The number of halogens is 1. The van der Waals surface area contributed by atoms with Crippen LogP contribution in [0.15, 0.2) is 42.5 Å². The zero-order chi connectivity index (χ0) is 23.1. The molecule has 0 spiro atoms. The van der Waals surface area contributed by atoms with Crippen LogP contribution in [0.1, 0.15) is 56.5 Å². The average molecular weight is 444 g/mol. The largest absolute Gasteiger partial charge is 0.377 e. The summed E-state index contributed by atoms with van der Waals surface area (Å²) in [6, 6.07) is 13.0. The van der Waals surface area contributed by atoms with E-state index in [0.717, 1.165) is 23.4 Å². The van der Waals surface area contributed by atoms with Gasteiger partial charge in [0.15, 0.2) is 0 Å². The van der Waals surface area contributed by atoms with Crippen LogP contribution in [0.25, 0.3) is 0 Å². The first kappa shape index (κ1) is 24.7. The highest BCUT2D eigenvalue weighted by Crippen LogP contribution is 2.27. The van der Waals surface area contributed by atoms with E-state index in [4.69, 9.17) is 11.6 Å². The van der Waals surface area contributed by atoms with Crippen LogP contribution in [0.2, 0.25) is 5.02 Å². The smallest absolute Gasteiger partial charge is 0.255 e. The molecular weight excluding hydrogens is 410 g/mol. The number of amides is 2. The van der Waals surface area contributed by atoms with E-state index in [-0.39, 0.29) is 23.8 Å². The molecule has 0 fully saturated rings. The van der Waals surface area contributed by atoms with E-state index in [0.29, 0.717) is 23.6 Å². The second kappa shape index (κ2) is 11.2. The highest BCUT2D eigenvalue weighted by Gasteiger charge is 2.24. The molecule has 0 bridgehead atoms. The van der Waals surface area contributed by atoms with Crippen LogP contribution in [0, 0.1) is 5.92 Å². The second-order valence-corrected chi connectivity index (χ2v) is 8.96. The third-order valence-corrected chi connectivity index (χ3v) is 5.60. The van der Waals surface area contributed by atoms with Crippen molar-refractivity contribution in [2.24, 2.45) is 5.92 Å². The first-order valence-electron chi connectivity index (χ1n) is 10.8. The molecule has 2 amide bonds. The number of nitrogens with zero attached hydrogens (tertiary/aromatic N) is 2. The van der Waals surface area contributed by atoms with Crippen LogP contribution in [0.3, 0.4) is 0 Å². The molecule has 2 aromatic carbocycles. The maximum atomic E-state index is 13.4. The second-order valence-electron chi connectivity index (χ2n) is 8.55. The molecule has 0 radical (unpaired) electrons. The molecule has 0 aliphatic rings. The maximum absolute atomic E-state index is 13.4. The fraction of sp³-hybridized carbons (Fsp3) is 0.440. The molecule has 0 saturated carbocycles. The van der Waals surface area contributed by atoms with Gasteiger partial charge >= 0.3 is 0 Å². The number of hydrogen-bond acceptors (Lipinski definition) is 3. The van der Waals surface area contributed by atoms with Gasteiger partial charge in [-0.15, -0.1) is 0 Å². The average Bonchev–Trinajstić information content (AvgIpc) is 2.70. The number of benzene rings is 2. The van der Waals surface area contributed by atoms with Crippen molar-refractivity contribution < 1.29 is 9.59 Å². The number of hydrogen-bond donors (Lipinski definition) is 1. The number of carbonyl (C=O) groups excluding carboxylic acids is 2. The lowest BCUT2D eigenvalue weighted by atomic mass is 10.1. The van der Waals surface area contributed by atoms with Crippen molar-refractivity contribution in [3.63, 3.8) is 0 Å². The van der Waals surface area contributed by atoms with Crippen LogP contribution < -0.4 is 10.2 Å². The molecule has 1 atom stereocenters. The molecule has 0 aromatic heterocycles. The maximum Gasteiger partial charge on any atom is 0.255 e. The van der Waals surface area contributed by atoms with Gasteiger partial charge in [-0.25, -0.2) is 0 Å². The van der Waals surface area contributed by atoms with Gasteiger partial charge in [0.1, 0.15) is 0 Å². The van der Waals surface area contributed by atoms with E-state index < -0.39 is 0 Å². The van der Waals surface area contributed by atoms with Crippen molar-refractivity contribution in [1.29, 1.82) is 0 Å². The van der Waals surface area contributed by atoms with E-state index >= 15 is 0 Å². The molecular formula is C25H34ClN3O2. The Morgan fingerprint density at radius 3 is 2.32 bits per heavy atom. The lowest BCUT2D eigenvalue weighted by molar-refractivity contribution is -0.116. The third kappa shape index (κ3) is 6.73. The van der Waals surface area contributed by atoms with Gasteiger partial charge < -0.3 is 15.1 Å². The summed E-state index contributed by atoms with van der Waals surface area (Å²) in [5.74, 6) is 0.179. The minimum atomic E-state index is -0.0982. The van der Waals surface area contributed by atoms with Crippen LogP contribution in [-0.2, 0) is 11.3 Å². The monoisotopic (exact) mass is 443 g/mol. The Hall–Kier alpha value is -2.53. The van der Waals surface area contributed by atoms with E-state index in [1.165, 1.54) is 0 Å². The van der Waals surface area contributed by atoms with Crippen LogP contribution in [0.4, 0.5) is 11.4 Å². The molecule has 6 heteroatoms. The van der Waals surface area contributed by atoms with Gasteiger partial charge in [0.05, 0.1) is 10.6 Å². The van der Waals surface area contributed by atoms with Crippen molar-refractivity contribution in [3.8, 4) is 0 Å². The van der Waals surface area contributed by atoms with Crippen molar-refractivity contribution >= 4 is 34.8 Å².